The van der Waals surface area contributed by atoms with E-state index >= 15 is 0 Å². The van der Waals surface area contributed by atoms with Gasteiger partial charge in [0.2, 0.25) is 5.78 Å². The van der Waals surface area contributed by atoms with E-state index in [1.807, 2.05) is 6.07 Å². The third kappa shape index (κ3) is 3.69. The molecule has 0 aliphatic rings. The van der Waals surface area contributed by atoms with Crippen LogP contribution in [-0.2, 0) is 4.74 Å². The van der Waals surface area contributed by atoms with Crippen molar-refractivity contribution in [2.24, 2.45) is 0 Å². The van der Waals surface area contributed by atoms with Crippen molar-refractivity contribution >= 4 is 11.8 Å². The molecule has 0 spiro atoms. The van der Waals surface area contributed by atoms with Crippen LogP contribution in [0.4, 0.5) is 4.39 Å². The minimum atomic E-state index is -0.652. The van der Waals surface area contributed by atoms with Gasteiger partial charge in [0.05, 0.1) is 22.9 Å². The lowest BCUT2D eigenvalue weighted by Gasteiger charge is -2.11. The summed E-state index contributed by atoms with van der Waals surface area (Å²) in [5.74, 6) is -1.42. The van der Waals surface area contributed by atoms with Crippen LogP contribution in [0.5, 0.6) is 0 Å². The van der Waals surface area contributed by atoms with Gasteiger partial charge in [0, 0.05) is 17.0 Å². The predicted molar refractivity (Wildman–Crippen MR) is 101 cm³/mol. The van der Waals surface area contributed by atoms with Crippen LogP contribution in [0, 0.1) is 31.0 Å². The molecule has 3 aromatic rings. The number of aryl methyl sites for hydroxylation is 1. The van der Waals surface area contributed by atoms with Gasteiger partial charge in [-0.05, 0) is 56.3 Å². The van der Waals surface area contributed by atoms with Gasteiger partial charge in [-0.15, -0.1) is 0 Å². The summed E-state index contributed by atoms with van der Waals surface area (Å²) in [5, 5.41) is 8.78. The van der Waals surface area contributed by atoms with Gasteiger partial charge in [-0.25, -0.2) is 9.18 Å². The van der Waals surface area contributed by atoms with Gasteiger partial charge in [0.15, 0.2) is 6.61 Å². The highest BCUT2D eigenvalue weighted by molar-refractivity contribution is 6.00. The van der Waals surface area contributed by atoms with Gasteiger partial charge < -0.3 is 9.30 Å². The standard InChI is InChI=1S/C22H17FN2O3/c1-14-11-18(15(2)25(14)20-6-4-3-5-19(20)23)21(26)13-28-22(27)17-9-7-16(12-24)8-10-17/h3-11H,13H2,1-2H3. The molecule has 6 heteroatoms. The number of ketones is 1. The zero-order valence-corrected chi connectivity index (χ0v) is 15.4. The van der Waals surface area contributed by atoms with Crippen LogP contribution in [0.2, 0.25) is 0 Å². The van der Waals surface area contributed by atoms with Gasteiger partial charge in [-0.2, -0.15) is 5.26 Å². The Hall–Kier alpha value is -3.72. The van der Waals surface area contributed by atoms with E-state index in [9.17, 15) is 14.0 Å². The number of rotatable bonds is 5. The third-order valence-corrected chi connectivity index (χ3v) is 4.41. The fraction of sp³-hybridized carbons (Fsp3) is 0.136. The number of nitrogens with zero attached hydrogens (tertiary/aromatic N) is 2. The third-order valence-electron chi connectivity index (χ3n) is 4.41. The maximum Gasteiger partial charge on any atom is 0.338 e. The molecule has 0 N–H and O–H groups in total. The van der Waals surface area contributed by atoms with Crippen molar-refractivity contribution in [1.82, 2.24) is 4.57 Å². The lowest BCUT2D eigenvalue weighted by Crippen LogP contribution is -2.15. The first-order valence-electron chi connectivity index (χ1n) is 8.56. The van der Waals surface area contributed by atoms with Crippen LogP contribution < -0.4 is 0 Å². The van der Waals surface area contributed by atoms with E-state index in [0.29, 0.717) is 28.2 Å². The molecule has 0 saturated carbocycles. The normalized spacial score (nSPS) is 10.4. The first kappa shape index (κ1) is 19.1. The Kier molecular flexibility index (Phi) is 5.37. The molecule has 28 heavy (non-hydrogen) atoms. The summed E-state index contributed by atoms with van der Waals surface area (Å²) >= 11 is 0. The number of Topliss-reactive ketones (excluding diaryl/α,β-unsaturated/α-hetero) is 1. The van der Waals surface area contributed by atoms with E-state index in [-0.39, 0.29) is 11.3 Å². The second kappa shape index (κ2) is 7.89. The predicted octanol–water partition coefficient (Wildman–Crippen LogP) is 4.14. The Morgan fingerprint density at radius 2 is 1.79 bits per heavy atom. The number of nitriles is 1. The Morgan fingerprint density at radius 3 is 2.43 bits per heavy atom. The molecule has 2 aromatic carbocycles. The molecule has 0 amide bonds. The van der Waals surface area contributed by atoms with E-state index in [1.54, 1.807) is 42.7 Å². The van der Waals surface area contributed by atoms with Crippen molar-refractivity contribution in [2.75, 3.05) is 6.61 Å². The molecule has 0 fully saturated rings. The summed E-state index contributed by atoms with van der Waals surface area (Å²) < 4.78 is 20.9. The van der Waals surface area contributed by atoms with Gasteiger partial charge in [-0.1, -0.05) is 12.1 Å². The number of carbonyl (C=O) groups is 2. The van der Waals surface area contributed by atoms with E-state index < -0.39 is 18.4 Å². The highest BCUT2D eigenvalue weighted by Gasteiger charge is 2.19. The van der Waals surface area contributed by atoms with E-state index in [4.69, 9.17) is 10.00 Å². The quantitative estimate of drug-likeness (QED) is 0.495. The maximum absolute atomic E-state index is 14.1. The number of esters is 1. The van der Waals surface area contributed by atoms with Crippen LogP contribution in [0.1, 0.15) is 37.7 Å². The zero-order valence-electron chi connectivity index (χ0n) is 15.4. The van der Waals surface area contributed by atoms with Crippen LogP contribution in [0.3, 0.4) is 0 Å². The Morgan fingerprint density at radius 1 is 1.11 bits per heavy atom. The number of carbonyl (C=O) groups excluding carboxylic acids is 2. The number of halogens is 1. The van der Waals surface area contributed by atoms with Gasteiger partial charge >= 0.3 is 5.97 Å². The molecule has 0 saturated heterocycles. The molecule has 0 radical (unpaired) electrons. The molecule has 0 aliphatic carbocycles. The van der Waals surface area contributed by atoms with Crippen molar-refractivity contribution in [1.29, 1.82) is 5.26 Å². The molecule has 0 aliphatic heterocycles. The number of hydrogen-bond donors (Lipinski definition) is 0. The molecular weight excluding hydrogens is 359 g/mol. The summed E-state index contributed by atoms with van der Waals surface area (Å²) in [6.45, 7) is 3.06. The van der Waals surface area contributed by atoms with E-state index in [0.717, 1.165) is 0 Å². The summed E-state index contributed by atoms with van der Waals surface area (Å²) in [6, 6.07) is 15.9. The summed E-state index contributed by atoms with van der Waals surface area (Å²) in [4.78, 5) is 24.6. The summed E-state index contributed by atoms with van der Waals surface area (Å²) in [6.07, 6.45) is 0. The molecule has 0 unspecified atom stereocenters. The topological polar surface area (TPSA) is 72.1 Å². The first-order valence-corrected chi connectivity index (χ1v) is 8.56. The first-order chi connectivity index (χ1) is 13.4. The smallest absolute Gasteiger partial charge is 0.338 e. The molecule has 1 heterocycles. The fourth-order valence-corrected chi connectivity index (χ4v) is 3.02. The molecule has 1 aromatic heterocycles. The number of para-hydroxylation sites is 1. The summed E-state index contributed by atoms with van der Waals surface area (Å²) in [7, 11) is 0. The number of hydrogen-bond acceptors (Lipinski definition) is 4. The minimum Gasteiger partial charge on any atom is -0.454 e. The average Bonchev–Trinajstić information content (AvgIpc) is 3.00. The van der Waals surface area contributed by atoms with Crippen molar-refractivity contribution in [3.8, 4) is 11.8 Å². The highest BCUT2D eigenvalue weighted by atomic mass is 19.1. The van der Waals surface area contributed by atoms with Crippen molar-refractivity contribution < 1.29 is 18.7 Å². The van der Waals surface area contributed by atoms with Crippen molar-refractivity contribution in [2.45, 2.75) is 13.8 Å². The van der Waals surface area contributed by atoms with Crippen LogP contribution in [0.25, 0.3) is 5.69 Å². The fourth-order valence-electron chi connectivity index (χ4n) is 3.02. The van der Waals surface area contributed by atoms with Crippen molar-refractivity contribution in [3.05, 3.63) is 88.5 Å². The highest BCUT2D eigenvalue weighted by Crippen LogP contribution is 2.23. The van der Waals surface area contributed by atoms with Gasteiger partial charge in [-0.3, -0.25) is 4.79 Å². The minimum absolute atomic E-state index is 0.253. The second-order valence-electron chi connectivity index (χ2n) is 6.26. The number of ether oxygens (including phenoxy) is 1. The Balaban J connectivity index is 1.76. The van der Waals surface area contributed by atoms with E-state index in [1.165, 1.54) is 30.3 Å². The lowest BCUT2D eigenvalue weighted by atomic mass is 10.1. The zero-order chi connectivity index (χ0) is 20.3. The Bertz CT molecular complexity index is 1090. The van der Waals surface area contributed by atoms with Gasteiger partial charge in [0.25, 0.3) is 0 Å². The van der Waals surface area contributed by atoms with Crippen LogP contribution in [-0.4, -0.2) is 22.9 Å². The molecule has 0 bridgehead atoms. The molecular formula is C22H17FN2O3. The monoisotopic (exact) mass is 376 g/mol. The average molecular weight is 376 g/mol. The van der Waals surface area contributed by atoms with E-state index in [2.05, 4.69) is 0 Å². The molecule has 5 nitrogen and oxygen atoms in total. The number of benzene rings is 2. The van der Waals surface area contributed by atoms with Crippen LogP contribution in [0.15, 0.2) is 54.6 Å². The largest absolute Gasteiger partial charge is 0.454 e. The van der Waals surface area contributed by atoms with Gasteiger partial charge in [0.1, 0.15) is 5.82 Å². The molecule has 0 atom stereocenters. The molecule has 3 rings (SSSR count). The van der Waals surface area contributed by atoms with Crippen LogP contribution >= 0.6 is 0 Å². The molecule has 140 valence electrons. The van der Waals surface area contributed by atoms with Crippen molar-refractivity contribution in [3.63, 3.8) is 0 Å². The lowest BCUT2D eigenvalue weighted by molar-refractivity contribution is 0.0474. The Labute approximate surface area is 161 Å². The summed E-state index contributed by atoms with van der Waals surface area (Å²) in [5.41, 5.74) is 2.67. The maximum atomic E-state index is 14.1. The second-order valence-corrected chi connectivity index (χ2v) is 6.26. The number of aromatic nitrogens is 1. The SMILES string of the molecule is Cc1cc(C(=O)COC(=O)c2ccc(C#N)cc2)c(C)n1-c1ccccc1F.